The lowest BCUT2D eigenvalue weighted by atomic mass is 10.0. The molecule has 0 aliphatic heterocycles. The number of hydrogen-bond acceptors (Lipinski definition) is 2. The van der Waals surface area contributed by atoms with Crippen molar-refractivity contribution in [3.8, 4) is 0 Å². The van der Waals surface area contributed by atoms with Crippen LogP contribution in [-0.4, -0.2) is 23.9 Å². The van der Waals surface area contributed by atoms with Gasteiger partial charge in [-0.15, -0.1) is 0 Å². The first kappa shape index (κ1) is 12.9. The Hall–Kier alpha value is -0.0800. The molecule has 3 unspecified atom stereocenters. The van der Waals surface area contributed by atoms with Crippen LogP contribution in [0.4, 0.5) is 0 Å². The Morgan fingerprint density at radius 1 is 1.23 bits per heavy atom. The predicted octanol–water partition coefficient (Wildman–Crippen LogP) is 2.60. The molecule has 2 heteroatoms. The normalized spacial score (nSPS) is 18.2. The fraction of sp³-hybridized carbons (Fsp3) is 1.00. The van der Waals surface area contributed by atoms with Crippen molar-refractivity contribution in [3.05, 3.63) is 0 Å². The van der Waals surface area contributed by atoms with Gasteiger partial charge < -0.3 is 9.84 Å². The monoisotopic (exact) mass is 188 g/mol. The summed E-state index contributed by atoms with van der Waals surface area (Å²) in [5, 5.41) is 9.61. The van der Waals surface area contributed by atoms with Crippen LogP contribution >= 0.6 is 0 Å². The van der Waals surface area contributed by atoms with Crippen LogP contribution < -0.4 is 0 Å². The molecule has 2 nitrogen and oxygen atoms in total. The molecule has 0 radical (unpaired) electrons. The molecule has 0 aliphatic rings. The van der Waals surface area contributed by atoms with Crippen LogP contribution in [0, 0.1) is 5.92 Å². The second-order valence-corrected chi connectivity index (χ2v) is 3.89. The molecular weight excluding hydrogens is 164 g/mol. The average Bonchev–Trinajstić information content (AvgIpc) is 2.13. The van der Waals surface area contributed by atoms with E-state index in [0.717, 1.165) is 19.3 Å². The van der Waals surface area contributed by atoms with E-state index in [9.17, 15) is 5.11 Å². The van der Waals surface area contributed by atoms with Gasteiger partial charge in [0.1, 0.15) is 0 Å². The molecule has 0 aromatic heterocycles. The van der Waals surface area contributed by atoms with Crippen molar-refractivity contribution >= 4 is 0 Å². The summed E-state index contributed by atoms with van der Waals surface area (Å²) in [5.41, 5.74) is 0. The van der Waals surface area contributed by atoms with Gasteiger partial charge in [0.15, 0.2) is 0 Å². The molecule has 0 saturated heterocycles. The predicted molar refractivity (Wildman–Crippen MR) is 55.8 cm³/mol. The van der Waals surface area contributed by atoms with E-state index in [0.29, 0.717) is 12.5 Å². The van der Waals surface area contributed by atoms with Gasteiger partial charge in [-0.2, -0.15) is 0 Å². The van der Waals surface area contributed by atoms with Crippen molar-refractivity contribution < 1.29 is 9.84 Å². The molecule has 0 aliphatic carbocycles. The Kier molecular flexibility index (Phi) is 7.29. The highest BCUT2D eigenvalue weighted by atomic mass is 16.5. The summed E-state index contributed by atoms with van der Waals surface area (Å²) >= 11 is 0. The van der Waals surface area contributed by atoms with Gasteiger partial charge in [0.05, 0.1) is 18.8 Å². The molecule has 13 heavy (non-hydrogen) atoms. The second kappa shape index (κ2) is 7.34. The number of hydrogen-bond donors (Lipinski definition) is 1. The van der Waals surface area contributed by atoms with Crippen molar-refractivity contribution in [2.45, 2.75) is 59.2 Å². The van der Waals surface area contributed by atoms with E-state index in [4.69, 9.17) is 4.74 Å². The first-order valence-corrected chi connectivity index (χ1v) is 5.41. The van der Waals surface area contributed by atoms with Crippen molar-refractivity contribution in [2.75, 3.05) is 6.61 Å². The molecule has 0 spiro atoms. The third-order valence-corrected chi connectivity index (χ3v) is 2.55. The van der Waals surface area contributed by atoms with Gasteiger partial charge in [-0.1, -0.05) is 33.6 Å². The summed E-state index contributed by atoms with van der Waals surface area (Å²) in [4.78, 5) is 0. The standard InChI is InChI=1S/C11H24O2/c1-5-7-10(4)13-8-11(12)9(3)6-2/h9-12H,5-8H2,1-4H3. The summed E-state index contributed by atoms with van der Waals surface area (Å²) in [7, 11) is 0. The van der Waals surface area contributed by atoms with Gasteiger partial charge in [0.25, 0.3) is 0 Å². The Balaban J connectivity index is 3.50. The molecule has 0 amide bonds. The maximum absolute atomic E-state index is 9.61. The molecule has 0 rings (SSSR count). The van der Waals surface area contributed by atoms with E-state index < -0.39 is 0 Å². The topological polar surface area (TPSA) is 29.5 Å². The van der Waals surface area contributed by atoms with Crippen LogP contribution in [0.1, 0.15) is 47.0 Å². The van der Waals surface area contributed by atoms with E-state index in [1.807, 2.05) is 0 Å². The highest BCUT2D eigenvalue weighted by Gasteiger charge is 2.13. The minimum absolute atomic E-state index is 0.281. The quantitative estimate of drug-likeness (QED) is 0.665. The molecule has 3 atom stereocenters. The third-order valence-electron chi connectivity index (χ3n) is 2.55. The third kappa shape index (κ3) is 6.05. The summed E-state index contributed by atoms with van der Waals surface area (Å²) in [5.74, 6) is 0.342. The zero-order valence-electron chi connectivity index (χ0n) is 9.42. The second-order valence-electron chi connectivity index (χ2n) is 3.89. The number of rotatable bonds is 7. The van der Waals surface area contributed by atoms with E-state index in [-0.39, 0.29) is 12.2 Å². The Labute approximate surface area is 82.3 Å². The van der Waals surface area contributed by atoms with Crippen molar-refractivity contribution in [3.63, 3.8) is 0 Å². The molecule has 0 heterocycles. The first-order chi connectivity index (χ1) is 6.11. The molecular formula is C11H24O2. The van der Waals surface area contributed by atoms with Crippen LogP contribution in [-0.2, 0) is 4.74 Å². The minimum atomic E-state index is -0.302. The Morgan fingerprint density at radius 3 is 2.31 bits per heavy atom. The Morgan fingerprint density at radius 2 is 1.85 bits per heavy atom. The van der Waals surface area contributed by atoms with E-state index in [1.165, 1.54) is 0 Å². The number of aliphatic hydroxyl groups excluding tert-OH is 1. The highest BCUT2D eigenvalue weighted by molar-refractivity contribution is 4.62. The zero-order chi connectivity index (χ0) is 10.3. The van der Waals surface area contributed by atoms with Gasteiger partial charge >= 0.3 is 0 Å². The van der Waals surface area contributed by atoms with Crippen LogP contribution in [0.3, 0.4) is 0 Å². The van der Waals surface area contributed by atoms with Gasteiger partial charge in [-0.3, -0.25) is 0 Å². The fourth-order valence-electron chi connectivity index (χ4n) is 1.19. The lowest BCUT2D eigenvalue weighted by Gasteiger charge is -2.19. The number of aliphatic hydroxyl groups is 1. The smallest absolute Gasteiger partial charge is 0.0799 e. The first-order valence-electron chi connectivity index (χ1n) is 5.41. The van der Waals surface area contributed by atoms with Gasteiger partial charge in [0, 0.05) is 0 Å². The van der Waals surface area contributed by atoms with E-state index in [1.54, 1.807) is 0 Å². The summed E-state index contributed by atoms with van der Waals surface area (Å²) in [6, 6.07) is 0. The van der Waals surface area contributed by atoms with Gasteiger partial charge in [0.2, 0.25) is 0 Å². The maximum Gasteiger partial charge on any atom is 0.0799 e. The minimum Gasteiger partial charge on any atom is -0.390 e. The van der Waals surface area contributed by atoms with Crippen LogP contribution in [0.15, 0.2) is 0 Å². The molecule has 0 fully saturated rings. The lowest BCUT2D eigenvalue weighted by Crippen LogP contribution is -2.25. The van der Waals surface area contributed by atoms with Gasteiger partial charge in [-0.05, 0) is 19.3 Å². The molecule has 0 aromatic carbocycles. The van der Waals surface area contributed by atoms with Crippen LogP contribution in [0.25, 0.3) is 0 Å². The average molecular weight is 188 g/mol. The van der Waals surface area contributed by atoms with Crippen molar-refractivity contribution in [1.29, 1.82) is 0 Å². The van der Waals surface area contributed by atoms with Crippen LogP contribution in [0.5, 0.6) is 0 Å². The van der Waals surface area contributed by atoms with E-state index >= 15 is 0 Å². The van der Waals surface area contributed by atoms with E-state index in [2.05, 4.69) is 27.7 Å². The molecule has 80 valence electrons. The Bertz CT molecular complexity index is 115. The van der Waals surface area contributed by atoms with Gasteiger partial charge in [-0.25, -0.2) is 0 Å². The highest BCUT2D eigenvalue weighted by Crippen LogP contribution is 2.09. The lowest BCUT2D eigenvalue weighted by molar-refractivity contribution is -0.0252. The largest absolute Gasteiger partial charge is 0.390 e. The summed E-state index contributed by atoms with van der Waals surface area (Å²) < 4.78 is 5.52. The molecule has 1 N–H and O–H groups in total. The SMILES string of the molecule is CCCC(C)OCC(O)C(C)CC. The number of ether oxygens (including phenoxy) is 1. The fourth-order valence-corrected chi connectivity index (χ4v) is 1.19. The maximum atomic E-state index is 9.61. The molecule has 0 aromatic rings. The zero-order valence-corrected chi connectivity index (χ0v) is 9.42. The summed E-state index contributed by atoms with van der Waals surface area (Å²) in [6.07, 6.45) is 3.20. The van der Waals surface area contributed by atoms with Crippen molar-refractivity contribution in [2.24, 2.45) is 5.92 Å². The van der Waals surface area contributed by atoms with Crippen molar-refractivity contribution in [1.82, 2.24) is 0 Å². The summed E-state index contributed by atoms with van der Waals surface area (Å²) in [6.45, 7) is 8.83. The molecule has 0 saturated carbocycles. The molecule has 0 bridgehead atoms. The van der Waals surface area contributed by atoms with Crippen LogP contribution in [0.2, 0.25) is 0 Å².